The molecule has 3 amide bonds. The van der Waals surface area contributed by atoms with Crippen LogP contribution in [0.2, 0.25) is 0 Å². The first-order valence-electron chi connectivity index (χ1n) is 8.74. The fourth-order valence-corrected chi connectivity index (χ4v) is 2.18. The molecule has 0 aliphatic rings. The van der Waals surface area contributed by atoms with Crippen LogP contribution in [0.15, 0.2) is 54.6 Å². The van der Waals surface area contributed by atoms with Crippen LogP contribution in [0.1, 0.15) is 26.7 Å². The van der Waals surface area contributed by atoms with E-state index in [9.17, 15) is 9.59 Å². The van der Waals surface area contributed by atoms with Crippen molar-refractivity contribution in [3.8, 4) is 0 Å². The smallest absolute Gasteiger partial charge is 0.323 e. The third-order valence-electron chi connectivity index (χ3n) is 3.68. The molecule has 0 aliphatic heterocycles. The van der Waals surface area contributed by atoms with Gasteiger partial charge < -0.3 is 20.7 Å². The molecule has 0 radical (unpaired) electrons. The summed E-state index contributed by atoms with van der Waals surface area (Å²) in [6, 6.07) is 15.8. The molecule has 2 rings (SSSR count). The minimum absolute atomic E-state index is 0.191. The molecular formula is C20H25N3O3. The number of amides is 3. The zero-order valence-corrected chi connectivity index (χ0v) is 15.1. The van der Waals surface area contributed by atoms with E-state index in [2.05, 4.69) is 22.9 Å². The molecule has 1 atom stereocenters. The number of carbonyl (C=O) groups excluding carboxylic acids is 2. The van der Waals surface area contributed by atoms with Gasteiger partial charge in [-0.3, -0.25) is 4.79 Å². The Balaban J connectivity index is 1.82. The first-order valence-corrected chi connectivity index (χ1v) is 8.74. The third kappa shape index (κ3) is 6.57. The van der Waals surface area contributed by atoms with Gasteiger partial charge in [0.2, 0.25) is 0 Å². The minimum atomic E-state index is -0.504. The molecule has 0 fully saturated rings. The first kappa shape index (κ1) is 19.5. The molecule has 1 unspecified atom stereocenters. The van der Waals surface area contributed by atoms with E-state index in [4.69, 9.17) is 4.74 Å². The SMILES string of the molecule is CCCCOC(C)C(=O)Nc1ccc(NC(=O)Nc2ccccc2)cc1. The van der Waals surface area contributed by atoms with E-state index in [-0.39, 0.29) is 11.9 Å². The summed E-state index contributed by atoms with van der Waals surface area (Å²) >= 11 is 0. The standard InChI is InChI=1S/C20H25N3O3/c1-3-4-14-26-15(2)19(24)21-17-10-12-18(13-11-17)23-20(25)22-16-8-6-5-7-9-16/h5-13,15H,3-4,14H2,1-2H3,(H,21,24)(H2,22,23,25). The van der Waals surface area contributed by atoms with Crippen LogP contribution in [-0.2, 0) is 9.53 Å². The van der Waals surface area contributed by atoms with Gasteiger partial charge in [-0.15, -0.1) is 0 Å². The number of anilines is 3. The normalized spacial score (nSPS) is 11.5. The van der Waals surface area contributed by atoms with Crippen LogP contribution in [0.4, 0.5) is 21.9 Å². The maximum Gasteiger partial charge on any atom is 0.323 e. The molecular weight excluding hydrogens is 330 g/mol. The Hall–Kier alpha value is -2.86. The van der Waals surface area contributed by atoms with Crippen molar-refractivity contribution in [1.82, 2.24) is 0 Å². The van der Waals surface area contributed by atoms with Crippen molar-refractivity contribution in [3.05, 3.63) is 54.6 Å². The summed E-state index contributed by atoms with van der Waals surface area (Å²) in [6.07, 6.45) is 1.46. The number of benzene rings is 2. The Morgan fingerprint density at radius 2 is 1.42 bits per heavy atom. The highest BCUT2D eigenvalue weighted by Crippen LogP contribution is 2.15. The predicted octanol–water partition coefficient (Wildman–Crippen LogP) is 4.47. The minimum Gasteiger partial charge on any atom is -0.369 e. The molecule has 0 heterocycles. The monoisotopic (exact) mass is 355 g/mol. The van der Waals surface area contributed by atoms with Gasteiger partial charge >= 0.3 is 6.03 Å². The van der Waals surface area contributed by atoms with E-state index in [1.54, 1.807) is 31.2 Å². The molecule has 0 aliphatic carbocycles. The number of para-hydroxylation sites is 1. The van der Waals surface area contributed by atoms with Crippen molar-refractivity contribution in [1.29, 1.82) is 0 Å². The van der Waals surface area contributed by atoms with Crippen molar-refractivity contribution in [3.63, 3.8) is 0 Å². The molecule has 26 heavy (non-hydrogen) atoms. The molecule has 6 heteroatoms. The topological polar surface area (TPSA) is 79.5 Å². The second kappa shape index (κ2) is 10.2. The zero-order chi connectivity index (χ0) is 18.8. The summed E-state index contributed by atoms with van der Waals surface area (Å²) < 4.78 is 5.47. The number of carbonyl (C=O) groups is 2. The van der Waals surface area contributed by atoms with E-state index in [0.29, 0.717) is 23.7 Å². The summed E-state index contributed by atoms with van der Waals surface area (Å²) in [4.78, 5) is 24.0. The summed E-state index contributed by atoms with van der Waals surface area (Å²) in [5.74, 6) is -0.191. The number of hydrogen-bond donors (Lipinski definition) is 3. The molecule has 6 nitrogen and oxygen atoms in total. The maximum absolute atomic E-state index is 12.1. The van der Waals surface area contributed by atoms with E-state index in [1.165, 1.54) is 0 Å². The molecule has 0 saturated heterocycles. The largest absolute Gasteiger partial charge is 0.369 e. The molecule has 3 N–H and O–H groups in total. The lowest BCUT2D eigenvalue weighted by Gasteiger charge is -2.13. The van der Waals surface area contributed by atoms with E-state index in [1.807, 2.05) is 30.3 Å². The second-order valence-corrected chi connectivity index (χ2v) is 5.88. The van der Waals surface area contributed by atoms with Crippen molar-refractivity contribution in [2.75, 3.05) is 22.6 Å². The van der Waals surface area contributed by atoms with Gasteiger partial charge in [0, 0.05) is 23.7 Å². The van der Waals surface area contributed by atoms with Crippen molar-refractivity contribution in [2.24, 2.45) is 0 Å². The van der Waals surface area contributed by atoms with Gasteiger partial charge in [-0.2, -0.15) is 0 Å². The Labute approximate surface area is 153 Å². The highest BCUT2D eigenvalue weighted by Gasteiger charge is 2.13. The third-order valence-corrected chi connectivity index (χ3v) is 3.68. The second-order valence-electron chi connectivity index (χ2n) is 5.88. The van der Waals surface area contributed by atoms with Crippen molar-refractivity contribution in [2.45, 2.75) is 32.8 Å². The molecule has 0 bridgehead atoms. The average Bonchev–Trinajstić information content (AvgIpc) is 2.64. The number of ether oxygens (including phenoxy) is 1. The van der Waals surface area contributed by atoms with Gasteiger partial charge in [0.15, 0.2) is 0 Å². The van der Waals surface area contributed by atoms with Crippen LogP contribution < -0.4 is 16.0 Å². The van der Waals surface area contributed by atoms with Crippen LogP contribution in [0.25, 0.3) is 0 Å². The lowest BCUT2D eigenvalue weighted by Crippen LogP contribution is -2.28. The Morgan fingerprint density at radius 3 is 2.00 bits per heavy atom. The van der Waals surface area contributed by atoms with Gasteiger partial charge in [-0.1, -0.05) is 31.5 Å². The lowest BCUT2D eigenvalue weighted by atomic mass is 10.2. The fraction of sp³-hybridized carbons (Fsp3) is 0.300. The first-order chi connectivity index (χ1) is 12.6. The highest BCUT2D eigenvalue weighted by molar-refractivity contribution is 6.00. The van der Waals surface area contributed by atoms with E-state index >= 15 is 0 Å². The average molecular weight is 355 g/mol. The molecule has 0 aromatic heterocycles. The summed E-state index contributed by atoms with van der Waals surface area (Å²) in [5.41, 5.74) is 1.99. The van der Waals surface area contributed by atoms with Crippen LogP contribution >= 0.6 is 0 Å². The fourth-order valence-electron chi connectivity index (χ4n) is 2.18. The Bertz CT molecular complexity index is 702. The van der Waals surface area contributed by atoms with Gasteiger partial charge in [0.1, 0.15) is 6.10 Å². The van der Waals surface area contributed by atoms with Crippen LogP contribution in [-0.4, -0.2) is 24.6 Å². The quantitative estimate of drug-likeness (QED) is 0.611. The van der Waals surface area contributed by atoms with Gasteiger partial charge in [0.05, 0.1) is 0 Å². The number of hydrogen-bond acceptors (Lipinski definition) is 3. The van der Waals surface area contributed by atoms with Gasteiger partial charge in [0.25, 0.3) is 5.91 Å². The summed E-state index contributed by atoms with van der Waals surface area (Å²) in [6.45, 7) is 4.38. The number of nitrogens with one attached hydrogen (secondary N) is 3. The van der Waals surface area contributed by atoms with E-state index in [0.717, 1.165) is 12.8 Å². The van der Waals surface area contributed by atoms with Crippen molar-refractivity contribution < 1.29 is 14.3 Å². The number of rotatable bonds is 8. The number of unbranched alkanes of at least 4 members (excludes halogenated alkanes) is 1. The van der Waals surface area contributed by atoms with E-state index < -0.39 is 6.10 Å². The Kier molecular flexibility index (Phi) is 7.64. The molecule has 2 aromatic carbocycles. The molecule has 0 saturated carbocycles. The van der Waals surface area contributed by atoms with Gasteiger partial charge in [-0.05, 0) is 49.7 Å². The Morgan fingerprint density at radius 1 is 0.885 bits per heavy atom. The molecule has 138 valence electrons. The number of urea groups is 1. The summed E-state index contributed by atoms with van der Waals surface area (Å²) in [7, 11) is 0. The zero-order valence-electron chi connectivity index (χ0n) is 15.1. The van der Waals surface area contributed by atoms with Crippen LogP contribution in [0, 0.1) is 0 Å². The molecule has 2 aromatic rings. The van der Waals surface area contributed by atoms with Crippen molar-refractivity contribution >= 4 is 29.0 Å². The highest BCUT2D eigenvalue weighted by atomic mass is 16.5. The van der Waals surface area contributed by atoms with Gasteiger partial charge in [-0.25, -0.2) is 4.79 Å². The van der Waals surface area contributed by atoms with Crippen LogP contribution in [0.3, 0.4) is 0 Å². The molecule has 0 spiro atoms. The lowest BCUT2D eigenvalue weighted by molar-refractivity contribution is -0.126. The summed E-state index contributed by atoms with van der Waals surface area (Å²) in [5, 5.41) is 8.28. The maximum atomic E-state index is 12.1. The predicted molar refractivity (Wildman–Crippen MR) is 104 cm³/mol. The van der Waals surface area contributed by atoms with Crippen LogP contribution in [0.5, 0.6) is 0 Å².